The van der Waals surface area contributed by atoms with Gasteiger partial charge in [-0.3, -0.25) is 0 Å². The molecule has 0 spiro atoms. The normalized spacial score (nSPS) is 18.3. The number of hydrogen-bond acceptors (Lipinski definition) is 2. The Balaban J connectivity index is 2.09. The fourth-order valence-electron chi connectivity index (χ4n) is 2.10. The number of hydrogen-bond donors (Lipinski definition) is 1. The summed E-state index contributed by atoms with van der Waals surface area (Å²) in [7, 11) is 0. The molecule has 1 aliphatic rings. The summed E-state index contributed by atoms with van der Waals surface area (Å²) < 4.78 is 5.60. The second kappa shape index (κ2) is 2.86. The van der Waals surface area contributed by atoms with Crippen molar-refractivity contribution in [1.29, 1.82) is 0 Å². The largest absolute Gasteiger partial charge is 0.464 e. The summed E-state index contributed by atoms with van der Waals surface area (Å²) in [6, 6.07) is 6.32. The lowest BCUT2D eigenvalue weighted by Crippen LogP contribution is -2.24. The molecule has 0 aliphatic heterocycles. The van der Waals surface area contributed by atoms with Crippen molar-refractivity contribution in [2.75, 3.05) is 0 Å². The lowest BCUT2D eigenvalue weighted by atomic mass is 10.0. The van der Waals surface area contributed by atoms with E-state index in [1.165, 1.54) is 16.5 Å². The molecule has 0 atom stereocenters. The number of para-hydroxylation sites is 1. The van der Waals surface area contributed by atoms with Gasteiger partial charge in [-0.15, -0.1) is 0 Å². The molecule has 0 bridgehead atoms. The molecule has 0 unspecified atom stereocenters. The SMILES string of the molecule is Cc1coc2c(CC3(N)CC3)cccc12. The molecule has 1 aliphatic carbocycles. The number of benzene rings is 1. The molecule has 2 N–H and O–H groups in total. The van der Waals surface area contributed by atoms with Crippen molar-refractivity contribution < 1.29 is 4.42 Å². The van der Waals surface area contributed by atoms with Crippen molar-refractivity contribution in [3.63, 3.8) is 0 Å². The third-order valence-electron chi connectivity index (χ3n) is 3.31. The van der Waals surface area contributed by atoms with Gasteiger partial charge >= 0.3 is 0 Å². The van der Waals surface area contributed by atoms with Gasteiger partial charge in [-0.2, -0.15) is 0 Å². The minimum atomic E-state index is 0.0506. The van der Waals surface area contributed by atoms with Gasteiger partial charge in [0, 0.05) is 10.9 Å². The monoisotopic (exact) mass is 201 g/mol. The molecule has 1 aromatic heterocycles. The molecule has 1 saturated carbocycles. The Kier molecular flexibility index (Phi) is 1.71. The first-order chi connectivity index (χ1) is 7.18. The Morgan fingerprint density at radius 2 is 2.20 bits per heavy atom. The zero-order chi connectivity index (χ0) is 10.5. The Morgan fingerprint density at radius 3 is 2.93 bits per heavy atom. The standard InChI is InChI=1S/C13H15NO/c1-9-8-15-12-10(3-2-4-11(9)12)7-13(14)5-6-13/h2-4,8H,5-7,14H2,1H3. The second-order valence-electron chi connectivity index (χ2n) is 4.75. The Hall–Kier alpha value is -1.28. The van der Waals surface area contributed by atoms with Crippen molar-refractivity contribution in [2.24, 2.45) is 5.73 Å². The van der Waals surface area contributed by atoms with E-state index in [1.54, 1.807) is 0 Å². The molecule has 15 heavy (non-hydrogen) atoms. The molecular weight excluding hydrogens is 186 g/mol. The van der Waals surface area contributed by atoms with Gasteiger partial charge in [-0.25, -0.2) is 0 Å². The predicted molar refractivity (Wildman–Crippen MR) is 60.8 cm³/mol. The quantitative estimate of drug-likeness (QED) is 0.811. The Labute approximate surface area is 89.1 Å². The smallest absolute Gasteiger partial charge is 0.137 e. The van der Waals surface area contributed by atoms with E-state index in [1.807, 2.05) is 6.26 Å². The lowest BCUT2D eigenvalue weighted by Gasteiger charge is -2.08. The minimum Gasteiger partial charge on any atom is -0.464 e. The van der Waals surface area contributed by atoms with Crippen molar-refractivity contribution in [2.45, 2.75) is 31.7 Å². The third kappa shape index (κ3) is 1.45. The summed E-state index contributed by atoms with van der Waals surface area (Å²) >= 11 is 0. The van der Waals surface area contributed by atoms with Gasteiger partial charge in [0.15, 0.2) is 0 Å². The maximum Gasteiger partial charge on any atom is 0.137 e. The Bertz CT molecular complexity index is 508. The summed E-state index contributed by atoms with van der Waals surface area (Å²) in [5.74, 6) is 0. The molecule has 3 rings (SSSR count). The van der Waals surface area contributed by atoms with Crippen LogP contribution in [0.5, 0.6) is 0 Å². The van der Waals surface area contributed by atoms with Crippen LogP contribution in [0.25, 0.3) is 11.0 Å². The van der Waals surface area contributed by atoms with Crippen molar-refractivity contribution >= 4 is 11.0 Å². The second-order valence-corrected chi connectivity index (χ2v) is 4.75. The van der Waals surface area contributed by atoms with Gasteiger partial charge in [0.2, 0.25) is 0 Å². The highest BCUT2D eigenvalue weighted by Crippen LogP contribution is 2.37. The van der Waals surface area contributed by atoms with Gasteiger partial charge in [0.05, 0.1) is 6.26 Å². The van der Waals surface area contributed by atoms with Crippen LogP contribution in [0, 0.1) is 6.92 Å². The van der Waals surface area contributed by atoms with Crippen LogP contribution in [0.15, 0.2) is 28.9 Å². The highest BCUT2D eigenvalue weighted by Gasteiger charge is 2.38. The highest BCUT2D eigenvalue weighted by molar-refractivity contribution is 5.83. The van der Waals surface area contributed by atoms with Crippen molar-refractivity contribution in [1.82, 2.24) is 0 Å². The predicted octanol–water partition coefficient (Wildman–Crippen LogP) is 2.78. The number of fused-ring (bicyclic) bond motifs is 1. The zero-order valence-corrected chi connectivity index (χ0v) is 8.92. The van der Waals surface area contributed by atoms with Gasteiger partial charge in [-0.1, -0.05) is 18.2 Å². The Morgan fingerprint density at radius 1 is 1.40 bits per heavy atom. The van der Waals surface area contributed by atoms with Gasteiger partial charge in [0.25, 0.3) is 0 Å². The third-order valence-corrected chi connectivity index (χ3v) is 3.31. The van der Waals surface area contributed by atoms with Gasteiger partial charge in [-0.05, 0) is 37.3 Å². The van der Waals surface area contributed by atoms with Crippen LogP contribution in [-0.4, -0.2) is 5.54 Å². The molecule has 1 aromatic carbocycles. The zero-order valence-electron chi connectivity index (χ0n) is 8.92. The van der Waals surface area contributed by atoms with Crippen LogP contribution >= 0.6 is 0 Å². The molecular formula is C13H15NO. The molecule has 2 heteroatoms. The van der Waals surface area contributed by atoms with Crippen LogP contribution < -0.4 is 5.73 Å². The van der Waals surface area contributed by atoms with E-state index in [0.717, 1.165) is 24.8 Å². The number of nitrogens with two attached hydrogens (primary N) is 1. The van der Waals surface area contributed by atoms with Crippen LogP contribution in [-0.2, 0) is 6.42 Å². The van der Waals surface area contributed by atoms with Gasteiger partial charge in [0.1, 0.15) is 5.58 Å². The van der Waals surface area contributed by atoms with Crippen LogP contribution in [0.4, 0.5) is 0 Å². The van der Waals surface area contributed by atoms with Crippen molar-refractivity contribution in [3.05, 3.63) is 35.6 Å². The first kappa shape index (κ1) is 8.98. The number of aryl methyl sites for hydroxylation is 1. The van der Waals surface area contributed by atoms with Crippen LogP contribution in [0.1, 0.15) is 24.0 Å². The molecule has 1 fully saturated rings. The molecule has 78 valence electrons. The number of furan rings is 1. The van der Waals surface area contributed by atoms with Crippen molar-refractivity contribution in [3.8, 4) is 0 Å². The summed E-state index contributed by atoms with van der Waals surface area (Å²) in [6.07, 6.45) is 5.05. The molecule has 0 radical (unpaired) electrons. The molecule has 0 saturated heterocycles. The first-order valence-electron chi connectivity index (χ1n) is 5.43. The summed E-state index contributed by atoms with van der Waals surface area (Å²) in [4.78, 5) is 0. The first-order valence-corrected chi connectivity index (χ1v) is 5.43. The lowest BCUT2D eigenvalue weighted by molar-refractivity contribution is 0.598. The maximum absolute atomic E-state index is 6.13. The molecule has 0 amide bonds. The van der Waals surface area contributed by atoms with E-state index in [0.29, 0.717) is 0 Å². The minimum absolute atomic E-state index is 0.0506. The van der Waals surface area contributed by atoms with Crippen LogP contribution in [0.3, 0.4) is 0 Å². The molecule has 1 heterocycles. The molecule has 2 aromatic rings. The van der Waals surface area contributed by atoms with E-state index >= 15 is 0 Å². The topological polar surface area (TPSA) is 39.2 Å². The summed E-state index contributed by atoms with van der Waals surface area (Å²) in [5, 5.41) is 1.22. The maximum atomic E-state index is 6.13. The molecule has 2 nitrogen and oxygen atoms in total. The van der Waals surface area contributed by atoms with E-state index in [4.69, 9.17) is 10.2 Å². The summed E-state index contributed by atoms with van der Waals surface area (Å²) in [6.45, 7) is 2.07. The van der Waals surface area contributed by atoms with E-state index < -0.39 is 0 Å². The fraction of sp³-hybridized carbons (Fsp3) is 0.385. The van der Waals surface area contributed by atoms with E-state index in [-0.39, 0.29) is 5.54 Å². The summed E-state index contributed by atoms with van der Waals surface area (Å²) in [5.41, 5.74) is 9.66. The van der Waals surface area contributed by atoms with E-state index in [9.17, 15) is 0 Å². The van der Waals surface area contributed by atoms with Gasteiger partial charge < -0.3 is 10.2 Å². The average molecular weight is 201 g/mol. The van der Waals surface area contributed by atoms with E-state index in [2.05, 4.69) is 25.1 Å². The fourth-order valence-corrected chi connectivity index (χ4v) is 2.10. The number of rotatable bonds is 2. The average Bonchev–Trinajstić information content (AvgIpc) is 2.81. The van der Waals surface area contributed by atoms with Crippen LogP contribution in [0.2, 0.25) is 0 Å². The highest BCUT2D eigenvalue weighted by atomic mass is 16.3.